The van der Waals surface area contributed by atoms with E-state index in [9.17, 15) is 4.79 Å². The monoisotopic (exact) mass is 421 g/mol. The minimum atomic E-state index is -0.158. The van der Waals surface area contributed by atoms with Gasteiger partial charge in [0.25, 0.3) is 0 Å². The van der Waals surface area contributed by atoms with Crippen LogP contribution in [-0.2, 0) is 4.79 Å². The van der Waals surface area contributed by atoms with Crippen LogP contribution >= 0.6 is 22.6 Å². The predicted molar refractivity (Wildman–Crippen MR) is 104 cm³/mol. The van der Waals surface area contributed by atoms with Crippen LogP contribution in [0, 0.1) is 3.57 Å². The minimum Gasteiger partial charge on any atom is -0.493 e. The van der Waals surface area contributed by atoms with E-state index in [0.29, 0.717) is 6.61 Å². The third-order valence-electron chi connectivity index (χ3n) is 3.20. The lowest BCUT2D eigenvalue weighted by Gasteiger charge is -2.08. The molecular formula is C19H20INO2. The van der Waals surface area contributed by atoms with Gasteiger partial charge in [-0.1, -0.05) is 31.5 Å². The van der Waals surface area contributed by atoms with Gasteiger partial charge in [-0.25, -0.2) is 0 Å². The quantitative estimate of drug-likeness (QED) is 0.383. The minimum absolute atomic E-state index is 0.158. The lowest BCUT2D eigenvalue weighted by Crippen LogP contribution is -2.07. The van der Waals surface area contributed by atoms with Crippen molar-refractivity contribution in [3.8, 4) is 5.75 Å². The molecule has 0 unspecified atom stereocenters. The van der Waals surface area contributed by atoms with Crippen molar-refractivity contribution in [3.05, 3.63) is 63.7 Å². The second kappa shape index (κ2) is 9.35. The maximum Gasteiger partial charge on any atom is 0.248 e. The van der Waals surface area contributed by atoms with Crippen molar-refractivity contribution in [3.63, 3.8) is 0 Å². The van der Waals surface area contributed by atoms with Crippen LogP contribution in [0.4, 0.5) is 5.69 Å². The van der Waals surface area contributed by atoms with Crippen LogP contribution in [0.25, 0.3) is 6.08 Å². The van der Waals surface area contributed by atoms with Gasteiger partial charge in [0.05, 0.1) is 6.61 Å². The number of unbranched alkanes of at least 4 members (excludes halogenated alkanes) is 1. The van der Waals surface area contributed by atoms with Gasteiger partial charge < -0.3 is 10.1 Å². The summed E-state index contributed by atoms with van der Waals surface area (Å²) in [5, 5.41) is 2.84. The molecular weight excluding hydrogens is 401 g/mol. The number of nitrogens with one attached hydrogen (secondary N) is 1. The molecule has 0 radical (unpaired) electrons. The second-order valence-electron chi connectivity index (χ2n) is 5.07. The van der Waals surface area contributed by atoms with Gasteiger partial charge in [-0.2, -0.15) is 0 Å². The van der Waals surface area contributed by atoms with Gasteiger partial charge in [-0.15, -0.1) is 0 Å². The van der Waals surface area contributed by atoms with E-state index in [0.717, 1.165) is 33.4 Å². The van der Waals surface area contributed by atoms with Crippen LogP contribution in [-0.4, -0.2) is 12.5 Å². The molecule has 2 aromatic rings. The van der Waals surface area contributed by atoms with E-state index >= 15 is 0 Å². The van der Waals surface area contributed by atoms with Crippen molar-refractivity contribution in [1.82, 2.24) is 0 Å². The van der Waals surface area contributed by atoms with E-state index < -0.39 is 0 Å². The Morgan fingerprint density at radius 1 is 1.17 bits per heavy atom. The van der Waals surface area contributed by atoms with Crippen LogP contribution in [0.15, 0.2) is 54.6 Å². The summed E-state index contributed by atoms with van der Waals surface area (Å²) in [7, 11) is 0. The van der Waals surface area contributed by atoms with Crippen molar-refractivity contribution in [2.75, 3.05) is 11.9 Å². The number of carbonyl (C=O) groups excluding carboxylic acids is 1. The first-order valence-electron chi connectivity index (χ1n) is 7.65. The largest absolute Gasteiger partial charge is 0.493 e. The normalized spacial score (nSPS) is 10.7. The zero-order chi connectivity index (χ0) is 16.5. The third-order valence-corrected chi connectivity index (χ3v) is 3.92. The number of benzene rings is 2. The first-order chi connectivity index (χ1) is 11.2. The Morgan fingerprint density at radius 2 is 1.91 bits per heavy atom. The van der Waals surface area contributed by atoms with Crippen LogP contribution in [0.5, 0.6) is 5.75 Å². The summed E-state index contributed by atoms with van der Waals surface area (Å²) in [6.07, 6.45) is 5.42. The highest BCUT2D eigenvalue weighted by Crippen LogP contribution is 2.20. The highest BCUT2D eigenvalue weighted by Gasteiger charge is 2.01. The van der Waals surface area contributed by atoms with E-state index in [1.807, 2.05) is 48.5 Å². The average Bonchev–Trinajstić information content (AvgIpc) is 2.56. The smallest absolute Gasteiger partial charge is 0.248 e. The second-order valence-corrected chi connectivity index (χ2v) is 6.31. The predicted octanol–water partition coefficient (Wildman–Crippen LogP) is 5.12. The summed E-state index contributed by atoms with van der Waals surface area (Å²) in [6.45, 7) is 2.82. The zero-order valence-corrected chi connectivity index (χ0v) is 15.2. The van der Waals surface area contributed by atoms with Gasteiger partial charge in [0.1, 0.15) is 5.75 Å². The van der Waals surface area contributed by atoms with Gasteiger partial charge >= 0.3 is 0 Å². The van der Waals surface area contributed by atoms with Crippen LogP contribution in [0.1, 0.15) is 25.3 Å². The van der Waals surface area contributed by atoms with Gasteiger partial charge in [0, 0.05) is 20.9 Å². The average molecular weight is 421 g/mol. The van der Waals surface area contributed by atoms with E-state index in [4.69, 9.17) is 4.74 Å². The molecule has 0 atom stereocenters. The molecule has 2 rings (SSSR count). The highest BCUT2D eigenvalue weighted by atomic mass is 127. The van der Waals surface area contributed by atoms with Gasteiger partial charge in [-0.05, 0) is 65.4 Å². The number of carbonyl (C=O) groups is 1. The molecule has 0 fully saturated rings. The van der Waals surface area contributed by atoms with E-state index in [1.54, 1.807) is 6.08 Å². The molecule has 0 heterocycles. The molecule has 0 saturated carbocycles. The molecule has 0 aliphatic heterocycles. The molecule has 0 bridgehead atoms. The molecule has 0 aliphatic rings. The lowest BCUT2D eigenvalue weighted by atomic mass is 10.2. The van der Waals surface area contributed by atoms with E-state index in [-0.39, 0.29) is 5.91 Å². The van der Waals surface area contributed by atoms with Crippen LogP contribution < -0.4 is 10.1 Å². The first kappa shape index (κ1) is 17.5. The summed E-state index contributed by atoms with van der Waals surface area (Å²) < 4.78 is 6.89. The number of para-hydroxylation sites is 1. The highest BCUT2D eigenvalue weighted by molar-refractivity contribution is 14.1. The number of amides is 1. The Kier molecular flexibility index (Phi) is 7.13. The van der Waals surface area contributed by atoms with Crippen molar-refractivity contribution in [1.29, 1.82) is 0 Å². The van der Waals surface area contributed by atoms with Crippen molar-refractivity contribution in [2.45, 2.75) is 19.8 Å². The molecule has 120 valence electrons. The maximum atomic E-state index is 12.0. The Bertz CT molecular complexity index is 665. The number of anilines is 1. The molecule has 23 heavy (non-hydrogen) atoms. The summed E-state index contributed by atoms with van der Waals surface area (Å²) in [4.78, 5) is 12.0. The molecule has 0 spiro atoms. The summed E-state index contributed by atoms with van der Waals surface area (Å²) in [6, 6.07) is 15.4. The fourth-order valence-electron chi connectivity index (χ4n) is 1.96. The van der Waals surface area contributed by atoms with Crippen molar-refractivity contribution in [2.24, 2.45) is 0 Å². The number of halogens is 1. The number of hydrogen-bond acceptors (Lipinski definition) is 2. The van der Waals surface area contributed by atoms with E-state index in [2.05, 4.69) is 34.8 Å². The molecule has 1 amide bonds. The molecule has 3 nitrogen and oxygen atoms in total. The Balaban J connectivity index is 1.98. The molecule has 0 aliphatic carbocycles. The van der Waals surface area contributed by atoms with Crippen molar-refractivity contribution < 1.29 is 9.53 Å². The molecule has 0 saturated heterocycles. The number of rotatable bonds is 7. The lowest BCUT2D eigenvalue weighted by molar-refractivity contribution is -0.111. The molecule has 2 aromatic carbocycles. The van der Waals surface area contributed by atoms with Crippen molar-refractivity contribution >= 4 is 40.3 Å². The van der Waals surface area contributed by atoms with Gasteiger partial charge in [0.2, 0.25) is 5.91 Å². The standard InChI is InChI=1S/C19H20INO2/c1-2-3-14-23-18-7-5-4-6-15(18)8-13-19(22)21-17-11-9-16(20)10-12-17/h4-13H,2-3,14H2,1H3,(H,21,22)/b13-8+. The zero-order valence-electron chi connectivity index (χ0n) is 13.1. The maximum absolute atomic E-state index is 12.0. The molecule has 0 aromatic heterocycles. The summed E-state index contributed by atoms with van der Waals surface area (Å²) in [5.41, 5.74) is 1.69. The first-order valence-corrected chi connectivity index (χ1v) is 8.73. The molecule has 1 N–H and O–H groups in total. The summed E-state index contributed by atoms with van der Waals surface area (Å²) in [5.74, 6) is 0.647. The van der Waals surface area contributed by atoms with Crippen LogP contribution in [0.3, 0.4) is 0 Å². The fraction of sp³-hybridized carbons (Fsp3) is 0.211. The SMILES string of the molecule is CCCCOc1ccccc1/C=C/C(=O)Nc1ccc(I)cc1. The van der Waals surface area contributed by atoms with E-state index in [1.165, 1.54) is 6.08 Å². The van der Waals surface area contributed by atoms with Crippen LogP contribution in [0.2, 0.25) is 0 Å². The fourth-order valence-corrected chi connectivity index (χ4v) is 2.32. The van der Waals surface area contributed by atoms with Gasteiger partial charge in [-0.3, -0.25) is 4.79 Å². The third kappa shape index (κ3) is 6.06. The Labute approximate surface area is 150 Å². The topological polar surface area (TPSA) is 38.3 Å². The Hall–Kier alpha value is -1.82. The summed E-state index contributed by atoms with van der Waals surface area (Å²) >= 11 is 2.23. The van der Waals surface area contributed by atoms with Gasteiger partial charge in [0.15, 0.2) is 0 Å². The molecule has 4 heteroatoms. The number of ether oxygens (including phenoxy) is 1. The Morgan fingerprint density at radius 3 is 2.65 bits per heavy atom. The number of hydrogen-bond donors (Lipinski definition) is 1.